The molecular formula is C16H25NO. The molecular weight excluding hydrogens is 222 g/mol. The molecule has 2 heteroatoms. The van der Waals surface area contributed by atoms with Gasteiger partial charge in [0.1, 0.15) is 5.75 Å². The first-order chi connectivity index (χ1) is 8.72. The van der Waals surface area contributed by atoms with Crippen LogP contribution in [0.1, 0.15) is 45.1 Å². The van der Waals surface area contributed by atoms with Crippen molar-refractivity contribution in [2.24, 2.45) is 5.41 Å². The normalized spacial score (nSPS) is 17.2. The van der Waals surface area contributed by atoms with Crippen LogP contribution in [-0.2, 0) is 6.54 Å². The largest absolute Gasteiger partial charge is 0.494 e. The minimum Gasteiger partial charge on any atom is -0.494 e. The SMILES string of the molecule is CCCOc1cccc(CNCC2(C)CCC2)c1. The second kappa shape index (κ2) is 6.24. The van der Waals surface area contributed by atoms with Gasteiger partial charge in [-0.3, -0.25) is 0 Å². The second-order valence-electron chi connectivity index (χ2n) is 5.76. The predicted molar refractivity (Wildman–Crippen MR) is 75.9 cm³/mol. The maximum Gasteiger partial charge on any atom is 0.119 e. The van der Waals surface area contributed by atoms with Gasteiger partial charge in [-0.1, -0.05) is 32.4 Å². The Hall–Kier alpha value is -1.02. The highest BCUT2D eigenvalue weighted by atomic mass is 16.5. The van der Waals surface area contributed by atoms with E-state index in [0.29, 0.717) is 5.41 Å². The van der Waals surface area contributed by atoms with E-state index in [1.54, 1.807) is 0 Å². The van der Waals surface area contributed by atoms with Gasteiger partial charge in [0, 0.05) is 13.1 Å². The van der Waals surface area contributed by atoms with Crippen molar-refractivity contribution in [2.75, 3.05) is 13.2 Å². The molecule has 1 aromatic carbocycles. The molecule has 1 saturated carbocycles. The van der Waals surface area contributed by atoms with Crippen LogP contribution in [0.2, 0.25) is 0 Å². The zero-order valence-electron chi connectivity index (χ0n) is 11.7. The van der Waals surface area contributed by atoms with Gasteiger partial charge in [-0.2, -0.15) is 0 Å². The van der Waals surface area contributed by atoms with Crippen LogP contribution in [0.15, 0.2) is 24.3 Å². The Morgan fingerprint density at radius 1 is 1.33 bits per heavy atom. The first-order valence-electron chi connectivity index (χ1n) is 7.14. The number of hydrogen-bond donors (Lipinski definition) is 1. The molecule has 100 valence electrons. The zero-order valence-corrected chi connectivity index (χ0v) is 11.7. The Morgan fingerprint density at radius 2 is 2.17 bits per heavy atom. The molecule has 0 heterocycles. The average molecular weight is 247 g/mol. The van der Waals surface area contributed by atoms with Crippen LogP contribution in [0.4, 0.5) is 0 Å². The third-order valence-corrected chi connectivity index (χ3v) is 3.81. The van der Waals surface area contributed by atoms with Crippen molar-refractivity contribution in [1.29, 1.82) is 0 Å². The van der Waals surface area contributed by atoms with E-state index in [4.69, 9.17) is 4.74 Å². The molecule has 0 amide bonds. The van der Waals surface area contributed by atoms with Crippen LogP contribution in [0.3, 0.4) is 0 Å². The fraction of sp³-hybridized carbons (Fsp3) is 0.625. The van der Waals surface area contributed by atoms with E-state index >= 15 is 0 Å². The summed E-state index contributed by atoms with van der Waals surface area (Å²) in [5, 5.41) is 3.57. The summed E-state index contributed by atoms with van der Waals surface area (Å²) >= 11 is 0. The molecule has 0 aliphatic heterocycles. The van der Waals surface area contributed by atoms with Crippen LogP contribution in [-0.4, -0.2) is 13.2 Å². The number of nitrogens with one attached hydrogen (secondary N) is 1. The third kappa shape index (κ3) is 3.74. The number of rotatable bonds is 7. The highest BCUT2D eigenvalue weighted by Gasteiger charge is 2.30. The smallest absolute Gasteiger partial charge is 0.119 e. The highest BCUT2D eigenvalue weighted by Crippen LogP contribution is 2.39. The molecule has 2 rings (SSSR count). The molecule has 1 aromatic rings. The molecule has 1 aliphatic carbocycles. The summed E-state index contributed by atoms with van der Waals surface area (Å²) in [6.45, 7) is 7.38. The lowest BCUT2D eigenvalue weighted by atomic mass is 9.70. The molecule has 0 saturated heterocycles. The lowest BCUT2D eigenvalue weighted by Crippen LogP contribution is -2.36. The summed E-state index contributed by atoms with van der Waals surface area (Å²) in [5.74, 6) is 0.992. The molecule has 0 aromatic heterocycles. The molecule has 1 fully saturated rings. The first-order valence-corrected chi connectivity index (χ1v) is 7.14. The van der Waals surface area contributed by atoms with E-state index in [1.165, 1.54) is 24.8 Å². The molecule has 0 atom stereocenters. The van der Waals surface area contributed by atoms with Gasteiger partial charge in [-0.15, -0.1) is 0 Å². The Kier molecular flexibility index (Phi) is 4.65. The van der Waals surface area contributed by atoms with E-state index in [1.807, 2.05) is 6.07 Å². The lowest BCUT2D eigenvalue weighted by molar-refractivity contribution is 0.156. The van der Waals surface area contributed by atoms with Gasteiger partial charge in [0.2, 0.25) is 0 Å². The summed E-state index contributed by atoms with van der Waals surface area (Å²) < 4.78 is 5.65. The fourth-order valence-electron chi connectivity index (χ4n) is 2.43. The van der Waals surface area contributed by atoms with E-state index in [0.717, 1.165) is 31.9 Å². The molecule has 0 radical (unpaired) electrons. The summed E-state index contributed by atoms with van der Waals surface area (Å²) in [5.41, 5.74) is 1.86. The fourth-order valence-corrected chi connectivity index (χ4v) is 2.43. The van der Waals surface area contributed by atoms with Gasteiger partial charge < -0.3 is 10.1 Å². The van der Waals surface area contributed by atoms with E-state index in [9.17, 15) is 0 Å². The van der Waals surface area contributed by atoms with Crippen molar-refractivity contribution in [2.45, 2.75) is 46.1 Å². The Morgan fingerprint density at radius 3 is 2.83 bits per heavy atom. The van der Waals surface area contributed by atoms with Crippen LogP contribution in [0, 0.1) is 5.41 Å². The zero-order chi connectivity index (χ0) is 12.8. The Balaban J connectivity index is 1.77. The van der Waals surface area contributed by atoms with Gasteiger partial charge in [0.15, 0.2) is 0 Å². The topological polar surface area (TPSA) is 21.3 Å². The maximum atomic E-state index is 5.65. The molecule has 0 bridgehead atoms. The van der Waals surface area contributed by atoms with Gasteiger partial charge in [0.05, 0.1) is 6.61 Å². The predicted octanol–water partition coefficient (Wildman–Crippen LogP) is 3.76. The summed E-state index contributed by atoms with van der Waals surface area (Å²) in [7, 11) is 0. The van der Waals surface area contributed by atoms with Crippen LogP contribution in [0.25, 0.3) is 0 Å². The van der Waals surface area contributed by atoms with Crippen molar-refractivity contribution in [3.8, 4) is 5.75 Å². The van der Waals surface area contributed by atoms with Crippen molar-refractivity contribution in [3.63, 3.8) is 0 Å². The average Bonchev–Trinajstić information content (AvgIpc) is 2.35. The molecule has 18 heavy (non-hydrogen) atoms. The van der Waals surface area contributed by atoms with E-state index < -0.39 is 0 Å². The molecule has 0 spiro atoms. The van der Waals surface area contributed by atoms with Crippen LogP contribution < -0.4 is 10.1 Å². The molecule has 1 aliphatic rings. The minimum absolute atomic E-state index is 0.552. The molecule has 1 N–H and O–H groups in total. The van der Waals surface area contributed by atoms with Crippen molar-refractivity contribution < 1.29 is 4.74 Å². The van der Waals surface area contributed by atoms with Crippen molar-refractivity contribution in [3.05, 3.63) is 29.8 Å². The number of ether oxygens (including phenoxy) is 1. The summed E-state index contributed by atoms with van der Waals surface area (Å²) in [6, 6.07) is 8.42. The van der Waals surface area contributed by atoms with Gasteiger partial charge in [-0.25, -0.2) is 0 Å². The van der Waals surface area contributed by atoms with Crippen molar-refractivity contribution in [1.82, 2.24) is 5.32 Å². The summed E-state index contributed by atoms with van der Waals surface area (Å²) in [6.07, 6.45) is 5.21. The van der Waals surface area contributed by atoms with Gasteiger partial charge >= 0.3 is 0 Å². The molecule has 2 nitrogen and oxygen atoms in total. The Bertz CT molecular complexity index is 371. The summed E-state index contributed by atoms with van der Waals surface area (Å²) in [4.78, 5) is 0. The highest BCUT2D eigenvalue weighted by molar-refractivity contribution is 5.28. The molecule has 0 unspecified atom stereocenters. The van der Waals surface area contributed by atoms with E-state index in [2.05, 4.69) is 37.4 Å². The van der Waals surface area contributed by atoms with Crippen LogP contribution in [0.5, 0.6) is 5.75 Å². The van der Waals surface area contributed by atoms with E-state index in [-0.39, 0.29) is 0 Å². The monoisotopic (exact) mass is 247 g/mol. The Labute approximate surface area is 111 Å². The third-order valence-electron chi connectivity index (χ3n) is 3.81. The van der Waals surface area contributed by atoms with Crippen LogP contribution >= 0.6 is 0 Å². The standard InChI is InChI=1S/C16H25NO/c1-3-10-18-15-7-4-6-14(11-15)12-17-13-16(2)8-5-9-16/h4,6-7,11,17H,3,5,8-10,12-13H2,1-2H3. The second-order valence-corrected chi connectivity index (χ2v) is 5.76. The minimum atomic E-state index is 0.552. The van der Waals surface area contributed by atoms with Gasteiger partial charge in [-0.05, 0) is 42.4 Å². The number of benzene rings is 1. The number of hydrogen-bond acceptors (Lipinski definition) is 2. The van der Waals surface area contributed by atoms with Gasteiger partial charge in [0.25, 0.3) is 0 Å². The first kappa shape index (κ1) is 13.4. The maximum absolute atomic E-state index is 5.65. The quantitative estimate of drug-likeness (QED) is 0.792. The van der Waals surface area contributed by atoms with Crippen molar-refractivity contribution >= 4 is 0 Å². The lowest BCUT2D eigenvalue weighted by Gasteiger charge is -2.38.